The van der Waals surface area contributed by atoms with Crippen LogP contribution < -0.4 is 4.74 Å². The van der Waals surface area contributed by atoms with Crippen LogP contribution in [0.3, 0.4) is 0 Å². The molecule has 0 saturated heterocycles. The highest BCUT2D eigenvalue weighted by molar-refractivity contribution is 6.31. The second-order valence-corrected chi connectivity index (χ2v) is 7.75. The van der Waals surface area contributed by atoms with Crippen molar-refractivity contribution in [3.8, 4) is 11.6 Å². The van der Waals surface area contributed by atoms with Crippen LogP contribution >= 0.6 is 11.6 Å². The summed E-state index contributed by atoms with van der Waals surface area (Å²) in [5.41, 5.74) is 0.460. The van der Waals surface area contributed by atoms with Crippen LogP contribution in [0, 0.1) is 0 Å². The number of ketones is 1. The normalized spacial score (nSPS) is 17.3. The number of Topliss-reactive ketones (excluding diaryl/α,β-unsaturated/α-hetero) is 1. The Bertz CT molecular complexity index is 1080. The summed E-state index contributed by atoms with van der Waals surface area (Å²) in [6.45, 7) is 3.96. The van der Waals surface area contributed by atoms with Crippen LogP contribution in [0.5, 0.6) is 11.6 Å². The number of halogens is 4. The standard InChI is InChI=1S/C23H22ClF3N2O4/c1-3-18(29-32-4-2)21-19(30)9-14(10-20(21)31)13-5-7-16(8-6-13)33-22-17(24)11-15(12-28-22)23(25,26)27/h5-8,11-12,14,30H,3-4,9-10H2,1-2H3/b29-18+. The highest BCUT2D eigenvalue weighted by Gasteiger charge is 2.32. The van der Waals surface area contributed by atoms with Crippen LogP contribution in [0.25, 0.3) is 0 Å². The van der Waals surface area contributed by atoms with E-state index in [-0.39, 0.29) is 46.8 Å². The summed E-state index contributed by atoms with van der Waals surface area (Å²) < 4.78 is 43.7. The second-order valence-electron chi connectivity index (χ2n) is 7.34. The predicted octanol–water partition coefficient (Wildman–Crippen LogP) is 6.61. The minimum atomic E-state index is -4.55. The van der Waals surface area contributed by atoms with Gasteiger partial charge in [0.1, 0.15) is 23.1 Å². The minimum absolute atomic E-state index is 0.0300. The molecule has 0 aliphatic heterocycles. The Morgan fingerprint density at radius 2 is 1.94 bits per heavy atom. The van der Waals surface area contributed by atoms with Crippen molar-refractivity contribution in [2.75, 3.05) is 6.61 Å². The fraction of sp³-hybridized carbons (Fsp3) is 0.348. The third-order valence-electron chi connectivity index (χ3n) is 5.07. The summed E-state index contributed by atoms with van der Waals surface area (Å²) >= 11 is 5.88. The third-order valence-corrected chi connectivity index (χ3v) is 5.34. The van der Waals surface area contributed by atoms with Gasteiger partial charge in [-0.2, -0.15) is 13.2 Å². The minimum Gasteiger partial charge on any atom is -0.511 e. The van der Waals surface area contributed by atoms with Crippen LogP contribution in [-0.2, 0) is 15.8 Å². The Labute approximate surface area is 193 Å². The van der Waals surface area contributed by atoms with E-state index in [9.17, 15) is 23.1 Å². The number of aliphatic hydroxyl groups excluding tert-OH is 1. The number of carbonyl (C=O) groups is 1. The first-order chi connectivity index (χ1) is 15.6. The molecule has 3 rings (SSSR count). The lowest BCUT2D eigenvalue weighted by Crippen LogP contribution is -2.23. The zero-order chi connectivity index (χ0) is 24.2. The van der Waals surface area contributed by atoms with E-state index in [1.54, 1.807) is 31.2 Å². The summed E-state index contributed by atoms with van der Waals surface area (Å²) in [6, 6.07) is 7.38. The van der Waals surface area contributed by atoms with E-state index in [1.807, 2.05) is 6.92 Å². The van der Waals surface area contributed by atoms with Gasteiger partial charge in [0.15, 0.2) is 5.78 Å². The molecule has 6 nitrogen and oxygen atoms in total. The number of aliphatic hydroxyl groups is 1. The lowest BCUT2D eigenvalue weighted by Gasteiger charge is -2.24. The quantitative estimate of drug-likeness (QED) is 0.355. The number of benzene rings is 1. The molecule has 0 amide bonds. The van der Waals surface area contributed by atoms with Gasteiger partial charge in [0.05, 0.1) is 16.8 Å². The van der Waals surface area contributed by atoms with Crippen LogP contribution in [0.1, 0.15) is 50.2 Å². The first-order valence-electron chi connectivity index (χ1n) is 10.3. The molecule has 1 aromatic carbocycles. The number of ether oxygens (including phenoxy) is 1. The lowest BCUT2D eigenvalue weighted by molar-refractivity contribution is -0.137. The molecule has 2 aromatic rings. The highest BCUT2D eigenvalue weighted by Crippen LogP contribution is 2.37. The molecule has 176 valence electrons. The maximum absolute atomic E-state index is 12.7. The number of nitrogens with zero attached hydrogens (tertiary/aromatic N) is 2. The number of hydrogen-bond acceptors (Lipinski definition) is 6. The molecule has 1 unspecified atom stereocenters. The number of aromatic nitrogens is 1. The van der Waals surface area contributed by atoms with Gasteiger partial charge in [-0.1, -0.05) is 35.8 Å². The molecule has 0 bridgehead atoms. The molecule has 0 saturated carbocycles. The Morgan fingerprint density at radius 1 is 1.24 bits per heavy atom. The van der Waals surface area contributed by atoms with Crippen molar-refractivity contribution < 1.29 is 32.6 Å². The Balaban J connectivity index is 1.74. The smallest absolute Gasteiger partial charge is 0.417 e. The van der Waals surface area contributed by atoms with Crippen molar-refractivity contribution in [1.29, 1.82) is 0 Å². The molecular weight excluding hydrogens is 461 g/mol. The topological polar surface area (TPSA) is 81.0 Å². The van der Waals surface area contributed by atoms with Gasteiger partial charge in [0, 0.05) is 19.0 Å². The van der Waals surface area contributed by atoms with Crippen molar-refractivity contribution in [3.05, 3.63) is 64.0 Å². The molecule has 1 aromatic heterocycles. The summed E-state index contributed by atoms with van der Waals surface area (Å²) in [5, 5.41) is 14.2. The van der Waals surface area contributed by atoms with Crippen molar-refractivity contribution in [2.24, 2.45) is 5.16 Å². The maximum Gasteiger partial charge on any atom is 0.417 e. The lowest BCUT2D eigenvalue weighted by atomic mass is 9.81. The Hall–Kier alpha value is -3.07. The van der Waals surface area contributed by atoms with Crippen molar-refractivity contribution >= 4 is 23.1 Å². The highest BCUT2D eigenvalue weighted by atomic mass is 35.5. The van der Waals surface area contributed by atoms with E-state index >= 15 is 0 Å². The zero-order valence-corrected chi connectivity index (χ0v) is 18.7. The average molecular weight is 483 g/mol. The molecule has 1 N–H and O–H groups in total. The Kier molecular flexibility index (Phi) is 7.63. The van der Waals surface area contributed by atoms with Crippen molar-refractivity contribution in [2.45, 2.75) is 45.2 Å². The molecule has 1 atom stereocenters. The number of rotatable bonds is 7. The van der Waals surface area contributed by atoms with Crippen molar-refractivity contribution in [3.63, 3.8) is 0 Å². The van der Waals surface area contributed by atoms with Crippen molar-refractivity contribution in [1.82, 2.24) is 4.98 Å². The fourth-order valence-electron chi connectivity index (χ4n) is 3.46. The van der Waals surface area contributed by atoms with Crippen LogP contribution in [-0.4, -0.2) is 28.2 Å². The molecule has 33 heavy (non-hydrogen) atoms. The number of carbonyl (C=O) groups excluding carboxylic acids is 1. The number of hydrogen-bond donors (Lipinski definition) is 1. The number of alkyl halides is 3. The first kappa shape index (κ1) is 24.6. The van der Waals surface area contributed by atoms with E-state index < -0.39 is 11.7 Å². The number of oxime groups is 1. The molecule has 0 radical (unpaired) electrons. The summed E-state index contributed by atoms with van der Waals surface area (Å²) in [6.07, 6.45) is -3.01. The average Bonchev–Trinajstić information content (AvgIpc) is 2.76. The first-order valence-corrected chi connectivity index (χ1v) is 10.7. The second kappa shape index (κ2) is 10.2. The van der Waals surface area contributed by atoms with E-state index in [2.05, 4.69) is 10.1 Å². The maximum atomic E-state index is 12.7. The molecule has 0 spiro atoms. The van der Waals surface area contributed by atoms with Crippen LogP contribution in [0.4, 0.5) is 13.2 Å². The van der Waals surface area contributed by atoms with E-state index in [0.29, 0.717) is 30.7 Å². The molecule has 1 aliphatic carbocycles. The van der Waals surface area contributed by atoms with Gasteiger partial charge < -0.3 is 14.7 Å². The van der Waals surface area contributed by atoms with E-state index in [0.717, 1.165) is 11.6 Å². The fourth-order valence-corrected chi connectivity index (χ4v) is 3.67. The number of pyridine rings is 1. The van der Waals surface area contributed by atoms with Gasteiger partial charge in [0.2, 0.25) is 5.88 Å². The Morgan fingerprint density at radius 3 is 2.48 bits per heavy atom. The van der Waals surface area contributed by atoms with Gasteiger partial charge >= 0.3 is 6.18 Å². The third kappa shape index (κ3) is 5.84. The zero-order valence-electron chi connectivity index (χ0n) is 17.9. The van der Waals surface area contributed by atoms with Gasteiger partial charge in [-0.3, -0.25) is 4.79 Å². The molecule has 1 heterocycles. The summed E-state index contributed by atoms with van der Waals surface area (Å²) in [7, 11) is 0. The molecule has 10 heteroatoms. The summed E-state index contributed by atoms with van der Waals surface area (Å²) in [4.78, 5) is 21.4. The van der Waals surface area contributed by atoms with E-state index in [1.165, 1.54) is 0 Å². The van der Waals surface area contributed by atoms with Gasteiger partial charge in [0.25, 0.3) is 0 Å². The largest absolute Gasteiger partial charge is 0.511 e. The summed E-state index contributed by atoms with van der Waals surface area (Å²) in [5.74, 6) is -0.334. The predicted molar refractivity (Wildman–Crippen MR) is 117 cm³/mol. The SMILES string of the molecule is CCO/N=C(\CC)C1=C(O)CC(c2ccc(Oc3ncc(C(F)(F)F)cc3Cl)cc2)CC1=O. The van der Waals surface area contributed by atoms with Crippen LogP contribution in [0.2, 0.25) is 5.02 Å². The number of allylic oxidation sites excluding steroid dienone is 2. The van der Waals surface area contributed by atoms with Gasteiger partial charge in [-0.05, 0) is 43.0 Å². The van der Waals surface area contributed by atoms with Crippen LogP contribution in [0.15, 0.2) is 53.0 Å². The molecule has 0 fully saturated rings. The van der Waals surface area contributed by atoms with Gasteiger partial charge in [-0.15, -0.1) is 0 Å². The molecular formula is C23H22ClF3N2O4. The molecule has 1 aliphatic rings. The van der Waals surface area contributed by atoms with E-state index in [4.69, 9.17) is 21.2 Å². The van der Waals surface area contributed by atoms with Gasteiger partial charge in [-0.25, -0.2) is 4.98 Å². The monoisotopic (exact) mass is 482 g/mol.